The number of thiocarbonyl (C=S) groups is 1. The van der Waals surface area contributed by atoms with Gasteiger partial charge >= 0.3 is 0 Å². The lowest BCUT2D eigenvalue weighted by atomic mass is 10.0. The molecule has 10 nitrogen and oxygen atoms in total. The summed E-state index contributed by atoms with van der Waals surface area (Å²) in [6, 6.07) is 14.5. The van der Waals surface area contributed by atoms with Gasteiger partial charge in [-0.3, -0.25) is 14.6 Å². The first-order valence-corrected chi connectivity index (χ1v) is 14.5. The number of thioether (sulfide) groups is 1. The minimum absolute atomic E-state index is 0.0958. The van der Waals surface area contributed by atoms with Crippen molar-refractivity contribution < 1.29 is 14.3 Å². The normalized spacial score (nSPS) is 17.4. The van der Waals surface area contributed by atoms with E-state index in [4.69, 9.17) is 21.7 Å². The first-order valence-electron chi connectivity index (χ1n) is 13.3. The van der Waals surface area contributed by atoms with Gasteiger partial charge in [0.2, 0.25) is 0 Å². The molecule has 1 amide bonds. The molecule has 2 aliphatic heterocycles. The molecule has 2 fully saturated rings. The third-order valence-electron chi connectivity index (χ3n) is 7.00. The van der Waals surface area contributed by atoms with Crippen molar-refractivity contribution in [1.29, 1.82) is 0 Å². The van der Waals surface area contributed by atoms with Crippen LogP contribution in [0.2, 0.25) is 0 Å². The number of benzene rings is 2. The minimum Gasteiger partial charge on any atom is -0.492 e. The summed E-state index contributed by atoms with van der Waals surface area (Å²) in [6.45, 7) is 5.18. The van der Waals surface area contributed by atoms with Gasteiger partial charge in [-0.2, -0.15) is 5.21 Å². The molecule has 2 aliphatic rings. The van der Waals surface area contributed by atoms with Crippen LogP contribution in [0.25, 0.3) is 28.1 Å². The summed E-state index contributed by atoms with van der Waals surface area (Å²) in [7, 11) is 0. The van der Waals surface area contributed by atoms with Crippen LogP contribution in [0.3, 0.4) is 0 Å². The first kappa shape index (κ1) is 26.6. The lowest BCUT2D eigenvalue weighted by molar-refractivity contribution is -0.122. The molecule has 4 aromatic rings. The predicted octanol–water partition coefficient (Wildman–Crippen LogP) is 3.89. The molecule has 2 aromatic carbocycles. The van der Waals surface area contributed by atoms with Crippen LogP contribution >= 0.6 is 24.0 Å². The van der Waals surface area contributed by atoms with Gasteiger partial charge in [0.15, 0.2) is 5.82 Å². The molecule has 6 rings (SSSR count). The Morgan fingerprint density at radius 2 is 1.95 bits per heavy atom. The summed E-state index contributed by atoms with van der Waals surface area (Å²) in [5.74, 6) is 1.26. The Morgan fingerprint density at radius 3 is 2.80 bits per heavy atom. The molecule has 0 unspecified atom stereocenters. The first-order chi connectivity index (χ1) is 19.6. The summed E-state index contributed by atoms with van der Waals surface area (Å²) in [5, 5.41) is 15.1. The highest BCUT2D eigenvalue weighted by atomic mass is 32.2. The van der Waals surface area contributed by atoms with Crippen LogP contribution in [0.5, 0.6) is 5.75 Å². The number of fused-ring (bicyclic) bond motifs is 1. The van der Waals surface area contributed by atoms with Gasteiger partial charge in [0, 0.05) is 49.9 Å². The number of amides is 1. The minimum atomic E-state index is -0.0958. The second-order valence-corrected chi connectivity index (χ2v) is 11.3. The van der Waals surface area contributed by atoms with Gasteiger partial charge < -0.3 is 14.5 Å². The number of nitrogens with one attached hydrogen (secondary N) is 2. The summed E-state index contributed by atoms with van der Waals surface area (Å²) < 4.78 is 12.3. The average Bonchev–Trinajstić information content (AvgIpc) is 3.72. The Labute approximate surface area is 241 Å². The molecule has 206 valence electrons. The molecule has 2 N–H and O–H groups in total. The van der Waals surface area contributed by atoms with Crippen molar-refractivity contribution in [2.24, 2.45) is 0 Å². The number of carbonyl (C=O) groups excluding carboxylic acids is 1. The largest absolute Gasteiger partial charge is 0.492 e. The smallest absolute Gasteiger partial charge is 0.266 e. The van der Waals surface area contributed by atoms with E-state index in [1.807, 2.05) is 18.3 Å². The topological polar surface area (TPSA) is 112 Å². The molecule has 0 spiro atoms. The number of H-pyrrole nitrogens is 2. The van der Waals surface area contributed by atoms with E-state index < -0.39 is 0 Å². The van der Waals surface area contributed by atoms with Crippen molar-refractivity contribution in [3.63, 3.8) is 0 Å². The molecule has 4 heterocycles. The molecular formula is C28H29N7O3S2. The molecule has 0 saturated carbocycles. The van der Waals surface area contributed by atoms with E-state index in [1.54, 1.807) is 4.90 Å². The molecule has 2 saturated heterocycles. The van der Waals surface area contributed by atoms with E-state index in [-0.39, 0.29) is 5.91 Å². The maximum atomic E-state index is 13.4. The number of carbonyl (C=O) groups is 1. The molecule has 0 atom stereocenters. The molecule has 40 heavy (non-hydrogen) atoms. The van der Waals surface area contributed by atoms with E-state index in [0.717, 1.165) is 66.2 Å². The fourth-order valence-electron chi connectivity index (χ4n) is 4.83. The molecule has 0 bridgehead atoms. The van der Waals surface area contributed by atoms with Crippen molar-refractivity contribution in [2.45, 2.75) is 12.8 Å². The van der Waals surface area contributed by atoms with E-state index >= 15 is 0 Å². The highest BCUT2D eigenvalue weighted by molar-refractivity contribution is 8.26. The molecular weight excluding hydrogens is 546 g/mol. The Morgan fingerprint density at radius 1 is 1.10 bits per heavy atom. The fourth-order valence-corrected chi connectivity index (χ4v) is 6.13. The maximum absolute atomic E-state index is 13.4. The zero-order valence-corrected chi connectivity index (χ0v) is 23.5. The monoisotopic (exact) mass is 575 g/mol. The predicted molar refractivity (Wildman–Crippen MR) is 159 cm³/mol. The highest BCUT2D eigenvalue weighted by Gasteiger charge is 2.32. The fraction of sp³-hybridized carbons (Fsp3) is 0.321. The number of rotatable bonds is 10. The van der Waals surface area contributed by atoms with Crippen LogP contribution in [0, 0.1) is 0 Å². The lowest BCUT2D eigenvalue weighted by Gasteiger charge is -2.26. The second kappa shape index (κ2) is 12.3. The second-order valence-electron chi connectivity index (χ2n) is 9.60. The Balaban J connectivity index is 1.23. The van der Waals surface area contributed by atoms with E-state index in [1.165, 1.54) is 11.8 Å². The van der Waals surface area contributed by atoms with E-state index in [9.17, 15) is 4.79 Å². The van der Waals surface area contributed by atoms with Gasteiger partial charge in [-0.05, 0) is 59.3 Å². The van der Waals surface area contributed by atoms with Gasteiger partial charge in [0.05, 0.1) is 18.1 Å². The van der Waals surface area contributed by atoms with Crippen LogP contribution < -0.4 is 4.74 Å². The Kier molecular flexibility index (Phi) is 8.19. The summed E-state index contributed by atoms with van der Waals surface area (Å²) >= 11 is 6.89. The standard InChI is InChI=1S/C28H29N7O3S2/c36-27-25(40-28(39)35(27)9-1-2-26-30-32-33-31-26)18-22-17-20(19-3-5-23-21(16-19)7-8-29-23)4-6-24(22)38-15-12-34-10-13-37-14-11-34/h3-8,16-18,29H,1-2,9-15H2,(H,30,31,32,33). The zero-order chi connectivity index (χ0) is 27.3. The Hall–Kier alpha value is -3.58. The maximum Gasteiger partial charge on any atom is 0.266 e. The SMILES string of the molecule is O=C1C(=Cc2cc(-c3ccc4[nH]ccc4c3)ccc2OCCN2CCOCC2)SC(=S)N1CCCc1nn[nH]n1. The lowest BCUT2D eigenvalue weighted by Crippen LogP contribution is -2.38. The third-order valence-corrected chi connectivity index (χ3v) is 8.37. The Bertz CT molecular complexity index is 1530. The van der Waals surface area contributed by atoms with Gasteiger partial charge in [0.1, 0.15) is 16.7 Å². The summed E-state index contributed by atoms with van der Waals surface area (Å²) in [5.41, 5.74) is 4.08. The molecule has 12 heteroatoms. The van der Waals surface area contributed by atoms with Crippen molar-refractivity contribution in [3.05, 3.63) is 65.0 Å². The van der Waals surface area contributed by atoms with Gasteiger partial charge in [-0.15, -0.1) is 10.2 Å². The number of aromatic nitrogens is 5. The number of hydrogen-bond acceptors (Lipinski definition) is 9. The number of morpholine rings is 1. The van der Waals surface area contributed by atoms with Gasteiger partial charge in [-0.1, -0.05) is 41.3 Å². The molecule has 2 aromatic heterocycles. The highest BCUT2D eigenvalue weighted by Crippen LogP contribution is 2.36. The number of aromatic amines is 2. The van der Waals surface area contributed by atoms with E-state index in [2.05, 4.69) is 66.9 Å². The summed E-state index contributed by atoms with van der Waals surface area (Å²) in [4.78, 5) is 21.2. The van der Waals surface area contributed by atoms with Crippen LogP contribution in [0.1, 0.15) is 17.8 Å². The van der Waals surface area contributed by atoms with Crippen LogP contribution in [0.4, 0.5) is 0 Å². The van der Waals surface area contributed by atoms with Crippen LogP contribution in [-0.2, 0) is 16.0 Å². The van der Waals surface area contributed by atoms with Crippen LogP contribution in [0.15, 0.2) is 53.6 Å². The van der Waals surface area contributed by atoms with Gasteiger partial charge in [-0.25, -0.2) is 0 Å². The average molecular weight is 576 g/mol. The number of tetrazole rings is 1. The van der Waals surface area contributed by atoms with Gasteiger partial charge in [0.25, 0.3) is 5.91 Å². The quantitative estimate of drug-likeness (QED) is 0.215. The van der Waals surface area contributed by atoms with Crippen molar-refractivity contribution in [2.75, 3.05) is 46.0 Å². The number of aryl methyl sites for hydroxylation is 1. The number of hydrogen-bond donors (Lipinski definition) is 2. The van der Waals surface area contributed by atoms with E-state index in [0.29, 0.717) is 41.0 Å². The molecule has 0 radical (unpaired) electrons. The third kappa shape index (κ3) is 6.09. The number of nitrogens with zero attached hydrogens (tertiary/aromatic N) is 5. The van der Waals surface area contributed by atoms with Crippen LogP contribution in [-0.4, -0.2) is 91.6 Å². The van der Waals surface area contributed by atoms with Crippen molar-refractivity contribution in [3.8, 4) is 16.9 Å². The zero-order valence-electron chi connectivity index (χ0n) is 21.8. The molecule has 0 aliphatic carbocycles. The number of ether oxygens (including phenoxy) is 2. The van der Waals surface area contributed by atoms with Crippen molar-refractivity contribution in [1.82, 2.24) is 35.4 Å². The summed E-state index contributed by atoms with van der Waals surface area (Å²) in [6.07, 6.45) is 5.14. The van der Waals surface area contributed by atoms with Crippen molar-refractivity contribution >= 4 is 51.2 Å².